The normalized spacial score (nSPS) is 26.5. The van der Waals surface area contributed by atoms with E-state index >= 15 is 0 Å². The van der Waals surface area contributed by atoms with Crippen molar-refractivity contribution in [2.24, 2.45) is 17.6 Å². The van der Waals surface area contributed by atoms with Crippen molar-refractivity contribution in [2.45, 2.75) is 44.2 Å². The third kappa shape index (κ3) is 3.72. The average molecular weight is 380 g/mol. The first-order valence-corrected chi connectivity index (χ1v) is 9.98. The lowest BCUT2D eigenvalue weighted by molar-refractivity contribution is 0.0753. The molecule has 0 radical (unpaired) electrons. The lowest BCUT2D eigenvalue weighted by Gasteiger charge is -2.45. The molecule has 3 N–H and O–H groups in total. The number of benzene rings is 2. The van der Waals surface area contributed by atoms with Crippen LogP contribution in [0.25, 0.3) is 0 Å². The third-order valence-corrected chi connectivity index (χ3v) is 6.20. The van der Waals surface area contributed by atoms with Gasteiger partial charge in [-0.1, -0.05) is 24.6 Å². The third-order valence-electron chi connectivity index (χ3n) is 6.20. The van der Waals surface area contributed by atoms with Gasteiger partial charge in [-0.25, -0.2) is 4.39 Å². The summed E-state index contributed by atoms with van der Waals surface area (Å²) in [6.07, 6.45) is 5.25. The molecule has 2 aromatic rings. The topological polar surface area (TPSA) is 72.2 Å². The molecule has 28 heavy (non-hydrogen) atoms. The first-order valence-electron chi connectivity index (χ1n) is 9.98. The Morgan fingerprint density at radius 1 is 0.929 bits per heavy atom. The molecule has 0 heterocycles. The number of nitrogens with one attached hydrogen (secondary N) is 1. The molecule has 2 fully saturated rings. The van der Waals surface area contributed by atoms with Crippen LogP contribution >= 0.6 is 0 Å². The van der Waals surface area contributed by atoms with Crippen molar-refractivity contribution in [3.63, 3.8) is 0 Å². The van der Waals surface area contributed by atoms with Gasteiger partial charge in [-0.15, -0.1) is 0 Å². The molecule has 2 unspecified atom stereocenters. The van der Waals surface area contributed by atoms with E-state index in [0.29, 0.717) is 28.5 Å². The molecule has 2 aliphatic carbocycles. The van der Waals surface area contributed by atoms with Crippen LogP contribution in [0.2, 0.25) is 0 Å². The number of hydrogen-bond acceptors (Lipinski definition) is 3. The highest BCUT2D eigenvalue weighted by molar-refractivity contribution is 6.15. The van der Waals surface area contributed by atoms with Gasteiger partial charge in [-0.05, 0) is 67.9 Å². The minimum absolute atomic E-state index is 0.120. The number of halogens is 1. The molecular weight excluding hydrogens is 355 g/mol. The Kier molecular flexibility index (Phi) is 5.27. The Hall–Kier alpha value is -2.53. The summed E-state index contributed by atoms with van der Waals surface area (Å²) in [4.78, 5) is 26.0. The number of nitrogens with two attached hydrogens (primary N) is 1. The van der Waals surface area contributed by atoms with Gasteiger partial charge in [-0.2, -0.15) is 0 Å². The Morgan fingerprint density at radius 2 is 1.54 bits per heavy atom. The highest BCUT2D eigenvalue weighted by Gasteiger charge is 2.40. The standard InChI is InChI=1S/C23H25FN2O2/c24-17-10-8-14(9-11-17)22(27)19-6-1-2-7-20(19)23(28)26-21-15-4-3-5-16(21)13-18(25)12-15/h1-2,6-11,15-16,18,21H,3-5,12-13,25H2,(H,26,28). The van der Waals surface area contributed by atoms with E-state index in [-0.39, 0.29) is 23.8 Å². The van der Waals surface area contributed by atoms with Crippen molar-refractivity contribution in [2.75, 3.05) is 0 Å². The van der Waals surface area contributed by atoms with Crippen molar-refractivity contribution in [3.8, 4) is 0 Å². The number of ketones is 1. The van der Waals surface area contributed by atoms with Crippen molar-refractivity contribution in [1.29, 1.82) is 0 Å². The monoisotopic (exact) mass is 380 g/mol. The maximum absolute atomic E-state index is 13.2. The van der Waals surface area contributed by atoms with Crippen LogP contribution in [0.5, 0.6) is 0 Å². The zero-order valence-corrected chi connectivity index (χ0v) is 15.7. The molecule has 2 atom stereocenters. The van der Waals surface area contributed by atoms with Crippen LogP contribution < -0.4 is 11.1 Å². The van der Waals surface area contributed by atoms with E-state index in [1.165, 1.54) is 30.7 Å². The van der Waals surface area contributed by atoms with Crippen LogP contribution in [-0.2, 0) is 0 Å². The van der Waals surface area contributed by atoms with Gasteiger partial charge in [0.05, 0.1) is 5.56 Å². The number of carbonyl (C=O) groups is 2. The summed E-state index contributed by atoms with van der Waals surface area (Å²) in [5.74, 6) is -0.0810. The second kappa shape index (κ2) is 7.84. The van der Waals surface area contributed by atoms with E-state index in [9.17, 15) is 14.0 Å². The second-order valence-electron chi connectivity index (χ2n) is 8.06. The fraction of sp³-hybridized carbons (Fsp3) is 0.391. The lowest BCUT2D eigenvalue weighted by atomic mass is 9.67. The smallest absolute Gasteiger partial charge is 0.252 e. The number of carbonyl (C=O) groups excluding carboxylic acids is 2. The van der Waals surface area contributed by atoms with E-state index in [1.54, 1.807) is 24.3 Å². The maximum atomic E-state index is 13.2. The quantitative estimate of drug-likeness (QED) is 0.795. The second-order valence-corrected chi connectivity index (χ2v) is 8.06. The van der Waals surface area contributed by atoms with Crippen LogP contribution in [0.4, 0.5) is 4.39 Å². The lowest BCUT2D eigenvalue weighted by Crippen LogP contribution is -2.53. The van der Waals surface area contributed by atoms with Crippen LogP contribution in [0.3, 0.4) is 0 Å². The molecule has 4 rings (SSSR count). The Morgan fingerprint density at radius 3 is 2.18 bits per heavy atom. The Labute approximate surface area is 164 Å². The van der Waals surface area contributed by atoms with Gasteiger partial charge in [0.1, 0.15) is 5.82 Å². The van der Waals surface area contributed by atoms with Gasteiger partial charge >= 0.3 is 0 Å². The van der Waals surface area contributed by atoms with Crippen molar-refractivity contribution < 1.29 is 14.0 Å². The Balaban J connectivity index is 1.57. The highest BCUT2D eigenvalue weighted by Crippen LogP contribution is 2.39. The van der Waals surface area contributed by atoms with Crippen LogP contribution in [0.1, 0.15) is 58.4 Å². The molecule has 0 aromatic heterocycles. The molecule has 2 aromatic carbocycles. The van der Waals surface area contributed by atoms with E-state index in [1.807, 2.05) is 0 Å². The van der Waals surface area contributed by atoms with Crippen molar-refractivity contribution in [1.82, 2.24) is 5.32 Å². The van der Waals surface area contributed by atoms with E-state index in [2.05, 4.69) is 5.32 Å². The van der Waals surface area contributed by atoms with Gasteiger partial charge in [0.25, 0.3) is 5.91 Å². The maximum Gasteiger partial charge on any atom is 0.252 e. The summed E-state index contributed by atoms with van der Waals surface area (Å²) in [6.45, 7) is 0. The van der Waals surface area contributed by atoms with Gasteiger partial charge in [0, 0.05) is 23.2 Å². The number of rotatable bonds is 4. The summed E-state index contributed by atoms with van der Waals surface area (Å²) in [7, 11) is 0. The molecule has 2 bridgehead atoms. The minimum atomic E-state index is -0.398. The molecule has 0 spiro atoms. The fourth-order valence-electron chi connectivity index (χ4n) is 4.89. The van der Waals surface area contributed by atoms with Crippen molar-refractivity contribution in [3.05, 3.63) is 71.0 Å². The molecule has 0 aliphatic heterocycles. The molecule has 1 amide bonds. The van der Waals surface area contributed by atoms with E-state index in [4.69, 9.17) is 5.73 Å². The summed E-state index contributed by atoms with van der Waals surface area (Å²) in [5.41, 5.74) is 7.25. The summed E-state index contributed by atoms with van der Waals surface area (Å²) in [6, 6.07) is 12.6. The largest absolute Gasteiger partial charge is 0.349 e. The van der Waals surface area contributed by atoms with Gasteiger partial charge < -0.3 is 11.1 Å². The minimum Gasteiger partial charge on any atom is -0.349 e. The number of hydrogen-bond donors (Lipinski definition) is 2. The van der Waals surface area contributed by atoms with E-state index in [0.717, 1.165) is 25.7 Å². The van der Waals surface area contributed by atoms with E-state index < -0.39 is 5.82 Å². The molecule has 0 saturated heterocycles. The average Bonchev–Trinajstić information content (AvgIpc) is 2.68. The molecule has 146 valence electrons. The summed E-state index contributed by atoms with van der Waals surface area (Å²) >= 11 is 0. The fourth-order valence-corrected chi connectivity index (χ4v) is 4.89. The summed E-state index contributed by atoms with van der Waals surface area (Å²) < 4.78 is 13.2. The van der Waals surface area contributed by atoms with Crippen molar-refractivity contribution >= 4 is 11.7 Å². The molecule has 4 nitrogen and oxygen atoms in total. The van der Waals surface area contributed by atoms with Crippen LogP contribution in [0, 0.1) is 17.7 Å². The van der Waals surface area contributed by atoms with Gasteiger partial charge in [0.15, 0.2) is 5.78 Å². The molecular formula is C23H25FN2O2. The van der Waals surface area contributed by atoms with Gasteiger partial charge in [-0.3, -0.25) is 9.59 Å². The van der Waals surface area contributed by atoms with Crippen LogP contribution in [-0.4, -0.2) is 23.8 Å². The van der Waals surface area contributed by atoms with Gasteiger partial charge in [0.2, 0.25) is 0 Å². The zero-order valence-electron chi connectivity index (χ0n) is 15.7. The first kappa shape index (κ1) is 18.8. The first-order chi connectivity index (χ1) is 13.5. The summed E-state index contributed by atoms with van der Waals surface area (Å²) in [5, 5.41) is 3.21. The number of amides is 1. The predicted molar refractivity (Wildman–Crippen MR) is 106 cm³/mol. The molecule has 2 aliphatic rings. The Bertz CT molecular complexity index is 866. The SMILES string of the molecule is NC1CC2CCCC(C1)C2NC(=O)c1ccccc1C(=O)c1ccc(F)cc1. The zero-order chi connectivity index (χ0) is 19.7. The predicted octanol–water partition coefficient (Wildman–Crippen LogP) is 3.69. The highest BCUT2D eigenvalue weighted by atomic mass is 19.1. The number of fused-ring (bicyclic) bond motifs is 2. The van der Waals surface area contributed by atoms with Crippen LogP contribution in [0.15, 0.2) is 48.5 Å². The molecule has 2 saturated carbocycles. The molecule has 5 heteroatoms.